The largest absolute Gasteiger partial charge is 0.297 e. The molecule has 0 unspecified atom stereocenters. The van der Waals surface area contributed by atoms with Crippen molar-refractivity contribution in [1.29, 1.82) is 0 Å². The third-order valence-electron chi connectivity index (χ3n) is 4.95. The summed E-state index contributed by atoms with van der Waals surface area (Å²) >= 11 is 0. The highest BCUT2D eigenvalue weighted by atomic mass is 19.3. The third-order valence-corrected chi connectivity index (χ3v) is 4.95. The van der Waals surface area contributed by atoms with Gasteiger partial charge in [-0.2, -0.15) is 8.78 Å². The molecule has 0 amide bonds. The van der Waals surface area contributed by atoms with Crippen molar-refractivity contribution in [2.24, 2.45) is 16.7 Å². The molecule has 0 N–H and O–H groups in total. The van der Waals surface area contributed by atoms with E-state index in [0.29, 0.717) is 6.92 Å². The molecule has 1 aliphatic rings. The zero-order valence-corrected chi connectivity index (χ0v) is 15.6. The molecule has 1 heterocycles. The fourth-order valence-electron chi connectivity index (χ4n) is 3.31. The van der Waals surface area contributed by atoms with E-state index in [1.807, 2.05) is 0 Å². The van der Waals surface area contributed by atoms with Gasteiger partial charge in [0.15, 0.2) is 23.1 Å². The topological polar surface area (TPSA) is 81.2 Å². The number of nitrogens with zero attached hydrogens (tertiary/aromatic N) is 1. The molecule has 2 rings (SSSR count). The smallest absolute Gasteiger partial charge is 0.286 e. The van der Waals surface area contributed by atoms with E-state index in [4.69, 9.17) is 0 Å². The maximum Gasteiger partial charge on any atom is 0.286 e. The van der Waals surface area contributed by atoms with Gasteiger partial charge in [0.25, 0.3) is 5.92 Å². The first-order valence-electron chi connectivity index (χ1n) is 8.17. The molecule has 26 heavy (non-hydrogen) atoms. The lowest BCUT2D eigenvalue weighted by atomic mass is 9.57. The molecule has 0 radical (unpaired) electrons. The predicted molar refractivity (Wildman–Crippen MR) is 88.9 cm³/mol. The highest BCUT2D eigenvalue weighted by Gasteiger charge is 2.60. The summed E-state index contributed by atoms with van der Waals surface area (Å²) in [4.78, 5) is 54.5. The minimum atomic E-state index is -3.18. The number of halogens is 2. The summed E-state index contributed by atoms with van der Waals surface area (Å²) in [5.74, 6) is -7.74. The van der Waals surface area contributed by atoms with E-state index in [1.165, 1.54) is 34.6 Å². The van der Waals surface area contributed by atoms with Gasteiger partial charge in [0.2, 0.25) is 0 Å². The number of aromatic nitrogens is 1. The summed E-state index contributed by atoms with van der Waals surface area (Å²) in [6.07, 6.45) is 0. The Hall–Kier alpha value is -2.31. The summed E-state index contributed by atoms with van der Waals surface area (Å²) in [7, 11) is 0. The van der Waals surface area contributed by atoms with E-state index >= 15 is 0 Å². The minimum absolute atomic E-state index is 0.00198. The van der Waals surface area contributed by atoms with Gasteiger partial charge in [0, 0.05) is 18.2 Å². The van der Waals surface area contributed by atoms with Crippen molar-refractivity contribution in [3.8, 4) is 0 Å². The second-order valence-corrected chi connectivity index (χ2v) is 7.82. The van der Waals surface area contributed by atoms with Crippen LogP contribution >= 0.6 is 0 Å². The van der Waals surface area contributed by atoms with Gasteiger partial charge < -0.3 is 0 Å². The van der Waals surface area contributed by atoms with Gasteiger partial charge in [0.1, 0.15) is 11.6 Å². The Morgan fingerprint density at radius 1 is 1.04 bits per heavy atom. The average molecular weight is 365 g/mol. The second-order valence-electron chi connectivity index (χ2n) is 7.82. The van der Waals surface area contributed by atoms with Crippen LogP contribution in [-0.2, 0) is 20.3 Å². The van der Waals surface area contributed by atoms with Crippen molar-refractivity contribution in [1.82, 2.24) is 4.98 Å². The number of carbonyl (C=O) groups excluding carboxylic acids is 4. The molecule has 1 fully saturated rings. The lowest BCUT2D eigenvalue weighted by Gasteiger charge is -2.40. The van der Waals surface area contributed by atoms with Gasteiger partial charge >= 0.3 is 0 Å². The van der Waals surface area contributed by atoms with Crippen LogP contribution < -0.4 is 0 Å². The van der Waals surface area contributed by atoms with Crippen LogP contribution in [0, 0.1) is 23.7 Å². The van der Waals surface area contributed by atoms with E-state index in [-0.39, 0.29) is 11.3 Å². The Balaban J connectivity index is 2.54. The summed E-state index contributed by atoms with van der Waals surface area (Å²) < 4.78 is 26.8. The number of alkyl halides is 2. The van der Waals surface area contributed by atoms with E-state index in [0.717, 1.165) is 12.1 Å². The molecule has 5 nitrogen and oxygen atoms in total. The molecular formula is C19H21F2NO4. The molecule has 7 heteroatoms. The molecule has 0 spiro atoms. The van der Waals surface area contributed by atoms with Crippen molar-refractivity contribution in [2.75, 3.05) is 0 Å². The zero-order chi connectivity index (χ0) is 20.2. The standard InChI is InChI=1S/C19H21F2NO4/c1-9-10(7-8-11(22-9)19(6,20)21)13(23)12-14(24)17(2,3)16(26)18(4,5)15(12)25/h7-8,12H,1-6H3. The Kier molecular flexibility index (Phi) is 4.51. The van der Waals surface area contributed by atoms with Gasteiger partial charge in [-0.15, -0.1) is 0 Å². The van der Waals surface area contributed by atoms with E-state index in [1.54, 1.807) is 0 Å². The van der Waals surface area contributed by atoms with Gasteiger partial charge in [-0.05, 0) is 46.8 Å². The van der Waals surface area contributed by atoms with Gasteiger partial charge in [-0.1, -0.05) is 0 Å². The number of pyridine rings is 1. The second kappa shape index (κ2) is 5.86. The number of aryl methyl sites for hydroxylation is 1. The van der Waals surface area contributed by atoms with Crippen LogP contribution in [0.2, 0.25) is 0 Å². The normalized spacial score (nSPS) is 20.4. The highest BCUT2D eigenvalue weighted by Crippen LogP contribution is 2.42. The molecule has 0 atom stereocenters. The predicted octanol–water partition coefficient (Wildman–Crippen LogP) is 3.07. The van der Waals surface area contributed by atoms with E-state index in [2.05, 4.69) is 4.98 Å². The summed E-state index contributed by atoms with van der Waals surface area (Å²) in [6.45, 7) is 7.59. The first-order chi connectivity index (χ1) is 11.6. The fourth-order valence-corrected chi connectivity index (χ4v) is 3.31. The average Bonchev–Trinajstić information content (AvgIpc) is 2.51. The Bertz CT molecular complexity index is 804. The number of ketones is 4. The molecule has 1 aromatic heterocycles. The van der Waals surface area contributed by atoms with Crippen LogP contribution in [0.4, 0.5) is 8.78 Å². The first kappa shape index (κ1) is 20.0. The van der Waals surface area contributed by atoms with E-state index in [9.17, 15) is 28.0 Å². The SMILES string of the molecule is Cc1nc(C(C)(F)F)ccc1C(=O)C1C(=O)C(C)(C)C(=O)C(C)(C)C1=O. The molecular weight excluding hydrogens is 344 g/mol. The number of Topliss-reactive ketones (excluding diaryl/α,β-unsaturated/α-hetero) is 4. The third kappa shape index (κ3) is 2.89. The molecule has 0 aliphatic heterocycles. The molecule has 1 aromatic rings. The Labute approximate surface area is 150 Å². The monoisotopic (exact) mass is 365 g/mol. The van der Waals surface area contributed by atoms with Gasteiger partial charge in [-0.25, -0.2) is 0 Å². The highest BCUT2D eigenvalue weighted by molar-refractivity contribution is 6.37. The van der Waals surface area contributed by atoms with Crippen LogP contribution in [0.15, 0.2) is 12.1 Å². The van der Waals surface area contributed by atoms with Crippen LogP contribution in [0.5, 0.6) is 0 Å². The van der Waals surface area contributed by atoms with Crippen molar-refractivity contribution in [3.63, 3.8) is 0 Å². The van der Waals surface area contributed by atoms with Crippen molar-refractivity contribution >= 4 is 23.1 Å². The van der Waals surface area contributed by atoms with Gasteiger partial charge in [0.05, 0.1) is 10.8 Å². The molecule has 0 aromatic carbocycles. The van der Waals surface area contributed by atoms with Crippen LogP contribution in [0.1, 0.15) is 56.4 Å². The molecule has 140 valence electrons. The van der Waals surface area contributed by atoms with Crippen LogP contribution in [-0.4, -0.2) is 28.1 Å². The number of carbonyl (C=O) groups is 4. The Morgan fingerprint density at radius 2 is 1.50 bits per heavy atom. The summed E-state index contributed by atoms with van der Waals surface area (Å²) in [5.41, 5.74) is -3.57. The molecule has 0 bridgehead atoms. The molecule has 1 saturated carbocycles. The fraction of sp³-hybridized carbons (Fsp3) is 0.526. The number of hydrogen-bond acceptors (Lipinski definition) is 5. The molecule has 0 saturated heterocycles. The molecule has 1 aliphatic carbocycles. The van der Waals surface area contributed by atoms with Crippen LogP contribution in [0.25, 0.3) is 0 Å². The zero-order valence-electron chi connectivity index (χ0n) is 15.6. The quantitative estimate of drug-likeness (QED) is 0.607. The van der Waals surface area contributed by atoms with Crippen molar-refractivity contribution in [2.45, 2.75) is 47.5 Å². The minimum Gasteiger partial charge on any atom is -0.297 e. The number of rotatable bonds is 3. The summed E-state index contributed by atoms with van der Waals surface area (Å²) in [5, 5.41) is 0. The van der Waals surface area contributed by atoms with Gasteiger partial charge in [-0.3, -0.25) is 24.2 Å². The lowest BCUT2D eigenvalue weighted by molar-refractivity contribution is -0.158. The summed E-state index contributed by atoms with van der Waals surface area (Å²) in [6, 6.07) is 2.15. The Morgan fingerprint density at radius 3 is 1.88 bits per heavy atom. The lowest BCUT2D eigenvalue weighted by Crippen LogP contribution is -2.59. The maximum absolute atomic E-state index is 13.4. The van der Waals surface area contributed by atoms with E-state index < -0.39 is 51.5 Å². The maximum atomic E-state index is 13.4. The first-order valence-corrected chi connectivity index (χ1v) is 8.17. The van der Waals surface area contributed by atoms with Crippen molar-refractivity contribution < 1.29 is 28.0 Å². The van der Waals surface area contributed by atoms with Crippen LogP contribution in [0.3, 0.4) is 0 Å². The van der Waals surface area contributed by atoms with Crippen molar-refractivity contribution in [3.05, 3.63) is 29.1 Å². The number of hydrogen-bond donors (Lipinski definition) is 0.